The first-order valence-electron chi connectivity index (χ1n) is 7.05. The first kappa shape index (κ1) is 16.1. The number of aromatic nitrogens is 1. The largest absolute Gasteiger partial charge is 0.503 e. The van der Waals surface area contributed by atoms with Crippen LogP contribution in [0.25, 0.3) is 0 Å². The van der Waals surface area contributed by atoms with Crippen molar-refractivity contribution in [2.75, 3.05) is 26.2 Å². The fourth-order valence-corrected chi connectivity index (χ4v) is 2.49. The maximum absolute atomic E-state index is 12.2. The van der Waals surface area contributed by atoms with Crippen molar-refractivity contribution >= 4 is 11.7 Å². The fraction of sp³-hybridized carbons (Fsp3) is 0.400. The molecule has 1 aromatic rings. The van der Waals surface area contributed by atoms with Crippen LogP contribution < -0.4 is 5.32 Å². The molecule has 0 spiro atoms. The smallest absolute Gasteiger partial charge is 0.290 e. The number of hydrogen-bond donors (Lipinski definition) is 3. The van der Waals surface area contributed by atoms with Crippen molar-refractivity contribution in [2.45, 2.75) is 13.0 Å². The molecule has 0 bridgehead atoms. The standard InChI is InChI=1S/C15H19N3O4/c1-10(20)12-13(11-4-2-3-5-17-11)18(15(22)14(12)21)8-6-16-7-9-19/h2-5,13,16,19,21H,6-9H2,1H3. The Kier molecular flexibility index (Phi) is 5.24. The van der Waals surface area contributed by atoms with Crippen molar-refractivity contribution in [1.82, 2.24) is 15.2 Å². The van der Waals surface area contributed by atoms with Crippen LogP contribution in [-0.4, -0.2) is 58.0 Å². The number of hydrogen-bond acceptors (Lipinski definition) is 6. The lowest BCUT2D eigenvalue weighted by Crippen LogP contribution is -2.37. The Hall–Kier alpha value is -2.25. The van der Waals surface area contributed by atoms with Crippen molar-refractivity contribution in [1.29, 1.82) is 0 Å². The van der Waals surface area contributed by atoms with Gasteiger partial charge in [-0.25, -0.2) is 0 Å². The maximum atomic E-state index is 12.2. The number of pyridine rings is 1. The third kappa shape index (κ3) is 3.15. The minimum Gasteiger partial charge on any atom is -0.503 e. The van der Waals surface area contributed by atoms with E-state index in [-0.39, 0.29) is 18.0 Å². The summed E-state index contributed by atoms with van der Waals surface area (Å²) in [6, 6.07) is 4.54. The van der Waals surface area contributed by atoms with Gasteiger partial charge in [0.15, 0.2) is 11.5 Å². The molecule has 0 radical (unpaired) electrons. The van der Waals surface area contributed by atoms with Gasteiger partial charge in [0.2, 0.25) is 0 Å². The molecule has 7 nitrogen and oxygen atoms in total. The second-order valence-electron chi connectivity index (χ2n) is 4.95. The molecule has 0 saturated heterocycles. The molecule has 1 unspecified atom stereocenters. The Labute approximate surface area is 128 Å². The minimum atomic E-state index is -0.679. The molecule has 22 heavy (non-hydrogen) atoms. The van der Waals surface area contributed by atoms with E-state index >= 15 is 0 Å². The maximum Gasteiger partial charge on any atom is 0.290 e. The predicted octanol–water partition coefficient (Wildman–Crippen LogP) is -0.0521. The molecule has 2 heterocycles. The van der Waals surface area contributed by atoms with Gasteiger partial charge in [-0.2, -0.15) is 0 Å². The molecule has 118 valence electrons. The highest BCUT2D eigenvalue weighted by molar-refractivity contribution is 6.07. The van der Waals surface area contributed by atoms with Gasteiger partial charge in [0.05, 0.1) is 17.9 Å². The van der Waals surface area contributed by atoms with Gasteiger partial charge in [-0.3, -0.25) is 14.6 Å². The van der Waals surface area contributed by atoms with Crippen molar-refractivity contribution in [3.05, 3.63) is 41.4 Å². The van der Waals surface area contributed by atoms with E-state index in [0.29, 0.717) is 25.3 Å². The zero-order chi connectivity index (χ0) is 16.1. The van der Waals surface area contributed by atoms with Crippen LogP contribution in [0.15, 0.2) is 35.7 Å². The highest BCUT2D eigenvalue weighted by Gasteiger charge is 2.42. The zero-order valence-electron chi connectivity index (χ0n) is 12.3. The predicted molar refractivity (Wildman–Crippen MR) is 79.0 cm³/mol. The number of Topliss-reactive ketones (excluding diaryl/α,β-unsaturated/α-hetero) is 1. The van der Waals surface area contributed by atoms with Crippen molar-refractivity contribution < 1.29 is 19.8 Å². The fourth-order valence-electron chi connectivity index (χ4n) is 2.49. The molecule has 1 atom stereocenters. The van der Waals surface area contributed by atoms with E-state index in [1.165, 1.54) is 11.8 Å². The summed E-state index contributed by atoms with van der Waals surface area (Å²) >= 11 is 0. The first-order chi connectivity index (χ1) is 10.6. The molecule has 0 aromatic carbocycles. The number of carbonyl (C=O) groups is 2. The summed E-state index contributed by atoms with van der Waals surface area (Å²) in [5, 5.41) is 21.7. The van der Waals surface area contributed by atoms with E-state index in [4.69, 9.17) is 5.11 Å². The monoisotopic (exact) mass is 305 g/mol. The SMILES string of the molecule is CC(=O)C1=C(O)C(=O)N(CCNCCO)C1c1ccccn1. The van der Waals surface area contributed by atoms with Crippen molar-refractivity contribution in [3.8, 4) is 0 Å². The lowest BCUT2D eigenvalue weighted by Gasteiger charge is -2.25. The summed E-state index contributed by atoms with van der Waals surface area (Å²) in [5.41, 5.74) is 0.609. The highest BCUT2D eigenvalue weighted by atomic mass is 16.3. The molecule has 2 rings (SSSR count). The molecule has 0 aliphatic carbocycles. The van der Waals surface area contributed by atoms with Gasteiger partial charge in [0, 0.05) is 25.8 Å². The van der Waals surface area contributed by atoms with Gasteiger partial charge in [0.1, 0.15) is 6.04 Å². The molecule has 7 heteroatoms. The average Bonchev–Trinajstić information content (AvgIpc) is 2.77. The third-order valence-electron chi connectivity index (χ3n) is 3.47. The van der Waals surface area contributed by atoms with E-state index in [2.05, 4.69) is 10.3 Å². The minimum absolute atomic E-state index is 0.000187. The molecule has 0 fully saturated rings. The Morgan fingerprint density at radius 3 is 2.77 bits per heavy atom. The molecule has 0 saturated carbocycles. The van der Waals surface area contributed by atoms with Gasteiger partial charge >= 0.3 is 0 Å². The lowest BCUT2D eigenvalue weighted by molar-refractivity contribution is -0.129. The summed E-state index contributed by atoms with van der Waals surface area (Å²) in [5.74, 6) is -1.44. The molecule has 1 amide bonds. The van der Waals surface area contributed by atoms with E-state index < -0.39 is 17.7 Å². The molecule has 1 aliphatic heterocycles. The van der Waals surface area contributed by atoms with Gasteiger partial charge in [0.25, 0.3) is 5.91 Å². The quantitative estimate of drug-likeness (QED) is 0.610. The van der Waals surface area contributed by atoms with E-state index in [0.717, 1.165) is 0 Å². The molecular formula is C15H19N3O4. The molecule has 3 N–H and O–H groups in total. The van der Waals surface area contributed by atoms with Gasteiger partial charge in [-0.05, 0) is 19.1 Å². The first-order valence-corrected chi connectivity index (χ1v) is 7.05. The van der Waals surface area contributed by atoms with E-state index in [1.54, 1.807) is 24.4 Å². The number of nitrogens with one attached hydrogen (secondary N) is 1. The van der Waals surface area contributed by atoms with Crippen LogP contribution in [0.5, 0.6) is 0 Å². The van der Waals surface area contributed by atoms with Gasteiger partial charge < -0.3 is 20.4 Å². The van der Waals surface area contributed by atoms with Crippen LogP contribution in [-0.2, 0) is 9.59 Å². The van der Waals surface area contributed by atoms with Crippen LogP contribution in [0.4, 0.5) is 0 Å². The zero-order valence-corrected chi connectivity index (χ0v) is 12.3. The average molecular weight is 305 g/mol. The van der Waals surface area contributed by atoms with Crippen molar-refractivity contribution in [2.24, 2.45) is 0 Å². The number of amides is 1. The topological polar surface area (TPSA) is 103 Å². The number of nitrogens with zero attached hydrogens (tertiary/aromatic N) is 2. The van der Waals surface area contributed by atoms with Gasteiger partial charge in [-0.15, -0.1) is 0 Å². The summed E-state index contributed by atoms with van der Waals surface area (Å²) in [4.78, 5) is 29.7. The normalized spacial score (nSPS) is 18.2. The number of carbonyl (C=O) groups excluding carboxylic acids is 2. The number of aliphatic hydroxyl groups is 2. The number of aliphatic hydroxyl groups excluding tert-OH is 2. The molecule has 1 aliphatic rings. The van der Waals surface area contributed by atoms with Gasteiger partial charge in [-0.1, -0.05) is 6.07 Å². The summed E-state index contributed by atoms with van der Waals surface area (Å²) in [7, 11) is 0. The summed E-state index contributed by atoms with van der Waals surface area (Å²) in [6.45, 7) is 2.46. The Bertz CT molecular complexity index is 586. The Morgan fingerprint density at radius 1 is 1.41 bits per heavy atom. The third-order valence-corrected chi connectivity index (χ3v) is 3.47. The Morgan fingerprint density at radius 2 is 2.18 bits per heavy atom. The molecule has 1 aromatic heterocycles. The van der Waals surface area contributed by atoms with Crippen LogP contribution in [0, 0.1) is 0 Å². The number of rotatable bonds is 7. The van der Waals surface area contributed by atoms with E-state index in [9.17, 15) is 14.7 Å². The van der Waals surface area contributed by atoms with Crippen LogP contribution in [0.1, 0.15) is 18.7 Å². The van der Waals surface area contributed by atoms with E-state index in [1.807, 2.05) is 0 Å². The summed E-state index contributed by atoms with van der Waals surface area (Å²) in [6.07, 6.45) is 1.58. The van der Waals surface area contributed by atoms with Crippen LogP contribution in [0.3, 0.4) is 0 Å². The Balaban J connectivity index is 2.28. The van der Waals surface area contributed by atoms with Crippen LogP contribution in [0.2, 0.25) is 0 Å². The van der Waals surface area contributed by atoms with Crippen molar-refractivity contribution in [3.63, 3.8) is 0 Å². The summed E-state index contributed by atoms with van der Waals surface area (Å²) < 4.78 is 0. The number of ketones is 1. The second-order valence-corrected chi connectivity index (χ2v) is 4.95. The molecular weight excluding hydrogens is 286 g/mol. The second kappa shape index (κ2) is 7.15. The highest BCUT2D eigenvalue weighted by Crippen LogP contribution is 2.36. The van der Waals surface area contributed by atoms with Crippen LogP contribution >= 0.6 is 0 Å². The lowest BCUT2D eigenvalue weighted by atomic mass is 10.0.